The van der Waals surface area contributed by atoms with E-state index in [0.29, 0.717) is 19.8 Å². The van der Waals surface area contributed by atoms with Crippen LogP contribution in [0.25, 0.3) is 0 Å². The SMILES string of the molecule is CC(C)(OCCOCCN)C(F)CNC(=O)OCc1ccccc1. The first-order valence-electron chi connectivity index (χ1n) is 7.96. The Balaban J connectivity index is 2.22. The van der Waals surface area contributed by atoms with Crippen molar-refractivity contribution in [1.29, 1.82) is 0 Å². The Morgan fingerprint density at radius 3 is 2.62 bits per heavy atom. The first-order valence-corrected chi connectivity index (χ1v) is 7.96. The molecule has 0 heterocycles. The monoisotopic (exact) mass is 342 g/mol. The Morgan fingerprint density at radius 1 is 1.25 bits per heavy atom. The van der Waals surface area contributed by atoms with Gasteiger partial charge in [-0.3, -0.25) is 0 Å². The fraction of sp³-hybridized carbons (Fsp3) is 0.588. The number of alkyl halides is 1. The van der Waals surface area contributed by atoms with Crippen molar-refractivity contribution in [3.63, 3.8) is 0 Å². The third-order valence-electron chi connectivity index (χ3n) is 3.36. The van der Waals surface area contributed by atoms with Crippen molar-refractivity contribution in [2.45, 2.75) is 32.2 Å². The zero-order chi connectivity index (χ0) is 17.8. The maximum Gasteiger partial charge on any atom is 0.407 e. The van der Waals surface area contributed by atoms with E-state index < -0.39 is 17.9 Å². The highest BCUT2D eigenvalue weighted by molar-refractivity contribution is 5.67. The summed E-state index contributed by atoms with van der Waals surface area (Å²) >= 11 is 0. The van der Waals surface area contributed by atoms with Gasteiger partial charge >= 0.3 is 6.09 Å². The molecular formula is C17H27FN2O4. The van der Waals surface area contributed by atoms with Crippen molar-refractivity contribution in [3.05, 3.63) is 35.9 Å². The summed E-state index contributed by atoms with van der Waals surface area (Å²) in [6.45, 7) is 4.68. The van der Waals surface area contributed by atoms with Crippen molar-refractivity contribution in [1.82, 2.24) is 5.32 Å². The van der Waals surface area contributed by atoms with Crippen LogP contribution in [0.1, 0.15) is 19.4 Å². The summed E-state index contributed by atoms with van der Waals surface area (Å²) in [5.74, 6) is 0. The van der Waals surface area contributed by atoms with E-state index in [1.807, 2.05) is 30.3 Å². The van der Waals surface area contributed by atoms with Gasteiger partial charge < -0.3 is 25.3 Å². The first kappa shape index (κ1) is 20.3. The Morgan fingerprint density at radius 2 is 1.96 bits per heavy atom. The van der Waals surface area contributed by atoms with Crippen LogP contribution in [-0.2, 0) is 20.8 Å². The number of alkyl carbamates (subject to hydrolysis) is 1. The van der Waals surface area contributed by atoms with Crippen LogP contribution in [0.3, 0.4) is 0 Å². The molecule has 1 aromatic rings. The molecule has 1 rings (SSSR count). The zero-order valence-corrected chi connectivity index (χ0v) is 14.3. The number of hydrogen-bond donors (Lipinski definition) is 2. The molecule has 0 radical (unpaired) electrons. The van der Waals surface area contributed by atoms with Crippen LogP contribution in [0.5, 0.6) is 0 Å². The van der Waals surface area contributed by atoms with Gasteiger partial charge in [-0.05, 0) is 19.4 Å². The smallest absolute Gasteiger partial charge is 0.407 e. The molecule has 0 aliphatic rings. The van der Waals surface area contributed by atoms with E-state index >= 15 is 0 Å². The molecule has 0 saturated carbocycles. The van der Waals surface area contributed by atoms with Gasteiger partial charge in [0.25, 0.3) is 0 Å². The van der Waals surface area contributed by atoms with Gasteiger partial charge in [-0.2, -0.15) is 0 Å². The summed E-state index contributed by atoms with van der Waals surface area (Å²) in [6.07, 6.45) is -2.04. The van der Waals surface area contributed by atoms with E-state index in [2.05, 4.69) is 5.32 Å². The van der Waals surface area contributed by atoms with Crippen molar-refractivity contribution in [2.24, 2.45) is 5.73 Å². The van der Waals surface area contributed by atoms with Gasteiger partial charge in [0.15, 0.2) is 0 Å². The molecular weight excluding hydrogens is 315 g/mol. The lowest BCUT2D eigenvalue weighted by Gasteiger charge is -2.29. The minimum absolute atomic E-state index is 0.141. The van der Waals surface area contributed by atoms with Gasteiger partial charge in [-0.15, -0.1) is 0 Å². The molecule has 0 aromatic heterocycles. The van der Waals surface area contributed by atoms with E-state index in [9.17, 15) is 9.18 Å². The Hall–Kier alpha value is -1.70. The van der Waals surface area contributed by atoms with Crippen LogP contribution in [0.4, 0.5) is 9.18 Å². The Kier molecular flexibility index (Phi) is 9.29. The molecule has 136 valence electrons. The lowest BCUT2D eigenvalue weighted by Crippen LogP contribution is -2.44. The Bertz CT molecular complexity index is 471. The van der Waals surface area contributed by atoms with Gasteiger partial charge in [0, 0.05) is 6.54 Å². The second-order valence-electron chi connectivity index (χ2n) is 5.76. The number of nitrogens with one attached hydrogen (secondary N) is 1. The highest BCUT2D eigenvalue weighted by atomic mass is 19.1. The topological polar surface area (TPSA) is 82.8 Å². The number of nitrogens with two attached hydrogens (primary N) is 1. The van der Waals surface area contributed by atoms with Gasteiger partial charge in [0.2, 0.25) is 0 Å². The van der Waals surface area contributed by atoms with Gasteiger partial charge in [0.1, 0.15) is 12.8 Å². The molecule has 1 unspecified atom stereocenters. The molecule has 1 aromatic carbocycles. The molecule has 7 heteroatoms. The third kappa shape index (κ3) is 8.24. The van der Waals surface area contributed by atoms with E-state index in [0.717, 1.165) is 5.56 Å². The second-order valence-corrected chi connectivity index (χ2v) is 5.76. The van der Waals surface area contributed by atoms with E-state index in [4.69, 9.17) is 19.9 Å². The highest BCUT2D eigenvalue weighted by Crippen LogP contribution is 2.17. The van der Waals surface area contributed by atoms with Crippen LogP contribution in [0.15, 0.2) is 30.3 Å². The summed E-state index contributed by atoms with van der Waals surface area (Å²) in [5.41, 5.74) is 5.12. The maximum absolute atomic E-state index is 14.2. The molecule has 0 aliphatic heterocycles. The van der Waals surface area contributed by atoms with E-state index in [1.54, 1.807) is 13.8 Å². The minimum Gasteiger partial charge on any atom is -0.445 e. The molecule has 0 saturated heterocycles. The standard InChI is InChI=1S/C17H27FN2O4/c1-17(2,24-11-10-22-9-8-19)15(18)12-20-16(21)23-13-14-6-4-3-5-7-14/h3-7,15H,8-13,19H2,1-2H3,(H,20,21). The number of hydrogen-bond acceptors (Lipinski definition) is 5. The summed E-state index contributed by atoms with van der Waals surface area (Å²) in [7, 11) is 0. The molecule has 1 amide bonds. The van der Waals surface area contributed by atoms with Gasteiger partial charge in [-0.1, -0.05) is 30.3 Å². The number of amides is 1. The minimum atomic E-state index is -1.38. The summed E-state index contributed by atoms with van der Waals surface area (Å²) in [5, 5.41) is 2.41. The maximum atomic E-state index is 14.2. The Labute approximate surface area is 142 Å². The average Bonchev–Trinajstić information content (AvgIpc) is 2.58. The average molecular weight is 342 g/mol. The van der Waals surface area contributed by atoms with Gasteiger partial charge in [-0.25, -0.2) is 9.18 Å². The molecule has 0 spiro atoms. The fourth-order valence-corrected chi connectivity index (χ4v) is 1.83. The summed E-state index contributed by atoms with van der Waals surface area (Å²) < 4.78 is 29.9. The van der Waals surface area contributed by atoms with Crippen molar-refractivity contribution < 1.29 is 23.4 Å². The first-order chi connectivity index (χ1) is 11.5. The molecule has 0 bridgehead atoms. The number of rotatable bonds is 11. The number of halogens is 1. The number of carbonyl (C=O) groups excluding carboxylic acids is 1. The lowest BCUT2D eigenvalue weighted by atomic mass is 10.0. The fourth-order valence-electron chi connectivity index (χ4n) is 1.83. The summed E-state index contributed by atoms with van der Waals surface area (Å²) in [6, 6.07) is 9.26. The molecule has 6 nitrogen and oxygen atoms in total. The van der Waals surface area contributed by atoms with Crippen LogP contribution >= 0.6 is 0 Å². The third-order valence-corrected chi connectivity index (χ3v) is 3.36. The predicted octanol–water partition coefficient (Wildman–Crippen LogP) is 2.02. The molecule has 1 atom stereocenters. The van der Waals surface area contributed by atoms with E-state index in [-0.39, 0.29) is 19.8 Å². The predicted molar refractivity (Wildman–Crippen MR) is 89.4 cm³/mol. The number of ether oxygens (including phenoxy) is 3. The van der Waals surface area contributed by atoms with Crippen molar-refractivity contribution in [2.75, 3.05) is 32.9 Å². The van der Waals surface area contributed by atoms with Crippen LogP contribution < -0.4 is 11.1 Å². The number of carbonyl (C=O) groups is 1. The second kappa shape index (κ2) is 11.0. The molecule has 0 aliphatic carbocycles. The quantitative estimate of drug-likeness (QED) is 0.601. The van der Waals surface area contributed by atoms with Crippen LogP contribution in [-0.4, -0.2) is 50.8 Å². The van der Waals surface area contributed by atoms with Gasteiger partial charge in [0.05, 0.1) is 32.0 Å². The summed E-state index contributed by atoms with van der Waals surface area (Å²) in [4.78, 5) is 11.6. The zero-order valence-electron chi connectivity index (χ0n) is 14.3. The van der Waals surface area contributed by atoms with Crippen molar-refractivity contribution in [3.8, 4) is 0 Å². The van der Waals surface area contributed by atoms with Crippen LogP contribution in [0.2, 0.25) is 0 Å². The highest BCUT2D eigenvalue weighted by Gasteiger charge is 2.30. The van der Waals surface area contributed by atoms with E-state index in [1.165, 1.54) is 0 Å². The normalized spacial score (nSPS) is 12.7. The molecule has 0 fully saturated rings. The molecule has 24 heavy (non-hydrogen) atoms. The largest absolute Gasteiger partial charge is 0.445 e. The van der Waals surface area contributed by atoms with Crippen molar-refractivity contribution >= 4 is 6.09 Å². The number of benzene rings is 1. The van der Waals surface area contributed by atoms with Crippen LogP contribution in [0, 0.1) is 0 Å². The molecule has 3 N–H and O–H groups in total. The lowest BCUT2D eigenvalue weighted by molar-refractivity contribution is -0.0861.